The maximum atomic E-state index is 10.7. The fourth-order valence-corrected chi connectivity index (χ4v) is 4.64. The summed E-state index contributed by atoms with van der Waals surface area (Å²) < 4.78 is 0. The number of hydrogen-bond donors (Lipinski definition) is 0. The van der Waals surface area contributed by atoms with E-state index in [0.717, 1.165) is 24.5 Å². The average molecular weight is 293 g/mol. The van der Waals surface area contributed by atoms with Gasteiger partial charge in [-0.2, -0.15) is 0 Å². The fourth-order valence-electron chi connectivity index (χ4n) is 4.64. The zero-order valence-corrected chi connectivity index (χ0v) is 14.8. The van der Waals surface area contributed by atoms with Gasteiger partial charge in [-0.25, -0.2) is 0 Å². The normalized spacial score (nSPS) is 34.5. The van der Waals surface area contributed by atoms with Crippen LogP contribution in [0.25, 0.3) is 0 Å². The molecule has 2 aliphatic rings. The summed E-state index contributed by atoms with van der Waals surface area (Å²) >= 11 is 0. The molecule has 0 saturated heterocycles. The molecule has 21 heavy (non-hydrogen) atoms. The Labute approximate surface area is 132 Å². The van der Waals surface area contributed by atoms with Crippen molar-refractivity contribution in [2.45, 2.75) is 72.6 Å². The first-order valence-electron chi connectivity index (χ1n) is 8.71. The van der Waals surface area contributed by atoms with Gasteiger partial charge >= 0.3 is 0 Å². The minimum Gasteiger partial charge on any atom is -0.303 e. The van der Waals surface area contributed by atoms with Crippen LogP contribution in [0.4, 0.5) is 0 Å². The standard InChI is InChI=1S/C16H26O.C2H6.C2H4/c1-12-6-4-10-16(3)14(7-5-11-17)13(2)8-9-15(12)16;2*1-2/h11-12,14-15H,2,4-10H2,1,3H3;1-2H3;1-2H2/t12-,14-,15?,16+;;/m0../s1. The van der Waals surface area contributed by atoms with Crippen LogP contribution in [0.3, 0.4) is 0 Å². The van der Waals surface area contributed by atoms with Crippen LogP contribution in [0.1, 0.15) is 72.6 Å². The van der Waals surface area contributed by atoms with Crippen LogP contribution >= 0.6 is 0 Å². The van der Waals surface area contributed by atoms with E-state index in [1.165, 1.54) is 37.7 Å². The van der Waals surface area contributed by atoms with Gasteiger partial charge in [-0.15, -0.1) is 13.2 Å². The number of hydrogen-bond acceptors (Lipinski definition) is 1. The van der Waals surface area contributed by atoms with Gasteiger partial charge in [0.1, 0.15) is 6.29 Å². The van der Waals surface area contributed by atoms with E-state index in [4.69, 9.17) is 0 Å². The number of rotatable bonds is 3. The summed E-state index contributed by atoms with van der Waals surface area (Å²) in [6, 6.07) is 0. The predicted octanol–water partition coefficient (Wildman–Crippen LogP) is 6.20. The Hall–Kier alpha value is -0.850. The molecule has 0 radical (unpaired) electrons. The molecule has 4 atom stereocenters. The first-order chi connectivity index (χ1) is 10.1. The van der Waals surface area contributed by atoms with Crippen molar-refractivity contribution in [1.29, 1.82) is 0 Å². The summed E-state index contributed by atoms with van der Waals surface area (Å²) in [5.41, 5.74) is 1.84. The number of fused-ring (bicyclic) bond motifs is 1. The molecule has 122 valence electrons. The molecule has 0 aromatic heterocycles. The van der Waals surface area contributed by atoms with Crippen molar-refractivity contribution in [1.82, 2.24) is 0 Å². The summed E-state index contributed by atoms with van der Waals surface area (Å²) in [5, 5.41) is 0. The lowest BCUT2D eigenvalue weighted by Crippen LogP contribution is -2.45. The van der Waals surface area contributed by atoms with Gasteiger partial charge in [0.15, 0.2) is 0 Å². The third-order valence-electron chi connectivity index (χ3n) is 5.55. The molecule has 2 saturated carbocycles. The minimum absolute atomic E-state index is 0.427. The molecule has 0 aromatic rings. The molecule has 0 amide bonds. The maximum absolute atomic E-state index is 10.7. The van der Waals surface area contributed by atoms with E-state index >= 15 is 0 Å². The molecule has 1 unspecified atom stereocenters. The molecule has 0 aliphatic heterocycles. The van der Waals surface area contributed by atoms with E-state index < -0.39 is 0 Å². The summed E-state index contributed by atoms with van der Waals surface area (Å²) in [5.74, 6) is 2.31. The molecule has 1 nitrogen and oxygen atoms in total. The van der Waals surface area contributed by atoms with Gasteiger partial charge in [0.25, 0.3) is 0 Å². The third kappa shape index (κ3) is 4.56. The zero-order chi connectivity index (χ0) is 16.5. The summed E-state index contributed by atoms with van der Waals surface area (Å²) in [4.78, 5) is 10.7. The minimum atomic E-state index is 0.427. The van der Waals surface area contributed by atoms with Gasteiger partial charge < -0.3 is 4.79 Å². The van der Waals surface area contributed by atoms with Crippen molar-refractivity contribution >= 4 is 6.29 Å². The molecule has 2 fully saturated rings. The monoisotopic (exact) mass is 292 g/mol. The Morgan fingerprint density at radius 2 is 1.90 bits per heavy atom. The van der Waals surface area contributed by atoms with E-state index in [2.05, 4.69) is 33.6 Å². The number of allylic oxidation sites excluding steroid dienone is 1. The highest BCUT2D eigenvalue weighted by Gasteiger charge is 2.48. The highest BCUT2D eigenvalue weighted by atomic mass is 16.1. The van der Waals surface area contributed by atoms with Crippen molar-refractivity contribution < 1.29 is 4.79 Å². The Kier molecular flexibility index (Phi) is 9.57. The molecule has 0 N–H and O–H groups in total. The van der Waals surface area contributed by atoms with Gasteiger partial charge in [0, 0.05) is 6.42 Å². The number of aldehydes is 1. The van der Waals surface area contributed by atoms with Gasteiger partial charge in [0.2, 0.25) is 0 Å². The van der Waals surface area contributed by atoms with Crippen molar-refractivity contribution in [2.24, 2.45) is 23.2 Å². The second-order valence-corrected chi connectivity index (χ2v) is 6.48. The quantitative estimate of drug-likeness (QED) is 0.447. The molecule has 0 spiro atoms. The Morgan fingerprint density at radius 3 is 2.48 bits per heavy atom. The van der Waals surface area contributed by atoms with Crippen molar-refractivity contribution in [3.8, 4) is 0 Å². The molecule has 0 bridgehead atoms. The Bertz CT molecular complexity index is 320. The van der Waals surface area contributed by atoms with Crippen LogP contribution in [-0.4, -0.2) is 6.29 Å². The van der Waals surface area contributed by atoms with E-state index in [-0.39, 0.29) is 0 Å². The first-order valence-corrected chi connectivity index (χ1v) is 8.71. The lowest BCUT2D eigenvalue weighted by molar-refractivity contribution is -0.108. The van der Waals surface area contributed by atoms with Gasteiger partial charge in [-0.05, 0) is 48.9 Å². The molecule has 2 rings (SSSR count). The Balaban J connectivity index is 0.000000921. The van der Waals surface area contributed by atoms with Crippen molar-refractivity contribution in [2.75, 3.05) is 0 Å². The van der Waals surface area contributed by atoms with Crippen LogP contribution in [0.5, 0.6) is 0 Å². The summed E-state index contributed by atoms with van der Waals surface area (Å²) in [6.07, 6.45) is 9.42. The van der Waals surface area contributed by atoms with E-state index in [1.807, 2.05) is 13.8 Å². The molecule has 0 heterocycles. The van der Waals surface area contributed by atoms with Gasteiger partial charge in [-0.3, -0.25) is 0 Å². The molecule has 2 aliphatic carbocycles. The van der Waals surface area contributed by atoms with Crippen LogP contribution in [0.2, 0.25) is 0 Å². The lowest BCUT2D eigenvalue weighted by atomic mass is 9.51. The number of carbonyl (C=O) groups excluding carboxylic acids is 1. The smallest absolute Gasteiger partial charge is 0.120 e. The van der Waals surface area contributed by atoms with Gasteiger partial charge in [-0.1, -0.05) is 52.7 Å². The van der Waals surface area contributed by atoms with Crippen LogP contribution in [0, 0.1) is 23.2 Å². The maximum Gasteiger partial charge on any atom is 0.120 e. The summed E-state index contributed by atoms with van der Waals surface area (Å²) in [6.45, 7) is 19.2. The van der Waals surface area contributed by atoms with Crippen LogP contribution in [-0.2, 0) is 4.79 Å². The van der Waals surface area contributed by atoms with Gasteiger partial charge in [0.05, 0.1) is 0 Å². The zero-order valence-electron chi connectivity index (χ0n) is 14.8. The molecular formula is C20H36O. The first kappa shape index (κ1) is 20.1. The third-order valence-corrected chi connectivity index (χ3v) is 5.55. The molecule has 1 heteroatoms. The predicted molar refractivity (Wildman–Crippen MR) is 94.4 cm³/mol. The molecular weight excluding hydrogens is 256 g/mol. The van der Waals surface area contributed by atoms with E-state index in [1.54, 1.807) is 0 Å². The topological polar surface area (TPSA) is 17.1 Å². The van der Waals surface area contributed by atoms with Crippen molar-refractivity contribution in [3.05, 3.63) is 25.3 Å². The SMILES string of the molecule is C=C.C=C1CCC2[C@@H](C)CCC[C@]2(C)[C@H]1CCC=O.CC. The van der Waals surface area contributed by atoms with Crippen LogP contribution in [0.15, 0.2) is 25.3 Å². The molecule has 0 aromatic carbocycles. The summed E-state index contributed by atoms with van der Waals surface area (Å²) in [7, 11) is 0. The highest BCUT2D eigenvalue weighted by molar-refractivity contribution is 5.49. The second kappa shape index (κ2) is 9.97. The van der Waals surface area contributed by atoms with Crippen molar-refractivity contribution in [3.63, 3.8) is 0 Å². The highest BCUT2D eigenvalue weighted by Crippen LogP contribution is 2.57. The fraction of sp³-hybridized carbons (Fsp3) is 0.750. The average Bonchev–Trinajstić information content (AvgIpc) is 2.50. The number of carbonyl (C=O) groups is 1. The second-order valence-electron chi connectivity index (χ2n) is 6.48. The van der Waals surface area contributed by atoms with E-state index in [9.17, 15) is 4.79 Å². The van der Waals surface area contributed by atoms with Crippen LogP contribution < -0.4 is 0 Å². The lowest BCUT2D eigenvalue weighted by Gasteiger charge is -2.54. The van der Waals surface area contributed by atoms with E-state index in [0.29, 0.717) is 17.8 Å². The largest absolute Gasteiger partial charge is 0.303 e. The Morgan fingerprint density at radius 1 is 1.29 bits per heavy atom.